The Morgan fingerprint density at radius 2 is 0.820 bits per heavy atom. The first kappa shape index (κ1) is 47.3. The van der Waals surface area contributed by atoms with E-state index in [1.165, 1.54) is 83.5 Å². The van der Waals surface area contributed by atoms with E-state index < -0.39 is 6.10 Å². The van der Waals surface area contributed by atoms with Gasteiger partial charge in [-0.1, -0.05) is 157 Å². The lowest BCUT2D eigenvalue weighted by Crippen LogP contribution is -2.28. The number of esters is 2. The minimum Gasteiger partial charge on any atom is -0.462 e. The van der Waals surface area contributed by atoms with Gasteiger partial charge >= 0.3 is 11.9 Å². The van der Waals surface area contributed by atoms with E-state index in [0.29, 0.717) is 19.3 Å². The largest absolute Gasteiger partial charge is 0.462 e. The van der Waals surface area contributed by atoms with Crippen LogP contribution >= 0.6 is 0 Å². The molecule has 5 nitrogen and oxygen atoms in total. The van der Waals surface area contributed by atoms with Gasteiger partial charge in [0.1, 0.15) is 6.61 Å². The van der Waals surface area contributed by atoms with Crippen LogP contribution in [0.2, 0.25) is 0 Å². The SMILES string of the molecule is CCCCC/C=C/C/C=C/CCCCCCCC(=O)O[C@@H](CO)COC(=O)CCC/C=C/C/C=C/C/C=C/C/C=C/CCCCCCCCC. The molecule has 5 heteroatoms. The molecular weight excluding hydrogens is 620 g/mol. The first-order valence-corrected chi connectivity index (χ1v) is 20.5. The number of carbonyl (C=O) groups is 2. The number of hydrogen-bond donors (Lipinski definition) is 1. The standard InChI is InChI=1S/C45H76O5/c1-3-5-7-9-11-13-15-17-19-20-21-22-23-24-26-27-29-31-33-35-37-39-44(47)49-42-43(41-46)50-45(48)40-38-36-34-32-30-28-25-18-16-14-12-10-8-6-4-2/h12,14,18-20,22-23,25-27,31,33,43,46H,3-11,13,15-17,21,24,28-30,32,34-42H2,1-2H3/b14-12+,20-19+,23-22+,25-18+,27-26+,33-31+/t43-/m0/s1. The smallest absolute Gasteiger partial charge is 0.306 e. The van der Waals surface area contributed by atoms with Crippen molar-refractivity contribution in [1.29, 1.82) is 0 Å². The van der Waals surface area contributed by atoms with Gasteiger partial charge in [-0.05, 0) is 83.5 Å². The number of carbonyl (C=O) groups excluding carboxylic acids is 2. The third kappa shape index (κ3) is 38.1. The third-order valence-electron chi connectivity index (χ3n) is 8.47. The van der Waals surface area contributed by atoms with Crippen molar-refractivity contribution < 1.29 is 24.2 Å². The van der Waals surface area contributed by atoms with Crippen LogP contribution in [0.25, 0.3) is 0 Å². The summed E-state index contributed by atoms with van der Waals surface area (Å²) in [5.74, 6) is -0.677. The zero-order chi connectivity index (χ0) is 36.4. The van der Waals surface area contributed by atoms with E-state index in [1.807, 2.05) is 0 Å². The van der Waals surface area contributed by atoms with Crippen LogP contribution in [-0.4, -0.2) is 36.4 Å². The summed E-state index contributed by atoms with van der Waals surface area (Å²) in [7, 11) is 0. The second-order valence-electron chi connectivity index (χ2n) is 13.4. The Morgan fingerprint density at radius 1 is 0.460 bits per heavy atom. The Bertz CT molecular complexity index is 926. The first-order chi connectivity index (χ1) is 24.6. The fourth-order valence-electron chi connectivity index (χ4n) is 5.34. The summed E-state index contributed by atoms with van der Waals surface area (Å²) >= 11 is 0. The molecule has 0 unspecified atom stereocenters. The van der Waals surface area contributed by atoms with Crippen molar-refractivity contribution in [3.05, 3.63) is 72.9 Å². The van der Waals surface area contributed by atoms with Crippen LogP contribution in [0.4, 0.5) is 0 Å². The number of hydrogen-bond acceptors (Lipinski definition) is 5. The minimum absolute atomic E-state index is 0.103. The molecule has 1 N–H and O–H groups in total. The summed E-state index contributed by atoms with van der Waals surface area (Å²) < 4.78 is 10.6. The number of unbranched alkanes of at least 4 members (excludes halogenated alkanes) is 16. The average molecular weight is 697 g/mol. The summed E-state index contributed by atoms with van der Waals surface area (Å²) in [5.41, 5.74) is 0. The maximum atomic E-state index is 12.2. The van der Waals surface area contributed by atoms with Crippen molar-refractivity contribution in [2.75, 3.05) is 13.2 Å². The lowest BCUT2D eigenvalue weighted by molar-refractivity contribution is -0.161. The van der Waals surface area contributed by atoms with Gasteiger partial charge in [-0.2, -0.15) is 0 Å². The van der Waals surface area contributed by atoms with Gasteiger partial charge in [-0.3, -0.25) is 9.59 Å². The normalized spacial score (nSPS) is 12.9. The van der Waals surface area contributed by atoms with Gasteiger partial charge in [0.2, 0.25) is 0 Å². The molecule has 0 saturated carbocycles. The second kappa shape index (κ2) is 40.8. The summed E-state index contributed by atoms with van der Waals surface area (Å²) in [5, 5.41) is 9.55. The molecule has 0 aromatic carbocycles. The van der Waals surface area contributed by atoms with E-state index in [1.54, 1.807) is 0 Å². The van der Waals surface area contributed by atoms with E-state index in [4.69, 9.17) is 9.47 Å². The van der Waals surface area contributed by atoms with Crippen molar-refractivity contribution in [2.45, 2.75) is 187 Å². The van der Waals surface area contributed by atoms with Crippen LogP contribution in [0.15, 0.2) is 72.9 Å². The van der Waals surface area contributed by atoms with Gasteiger partial charge in [0.05, 0.1) is 6.61 Å². The molecule has 1 atom stereocenters. The van der Waals surface area contributed by atoms with Gasteiger partial charge < -0.3 is 14.6 Å². The number of aliphatic hydroxyl groups is 1. The molecule has 0 saturated heterocycles. The molecule has 0 bridgehead atoms. The lowest BCUT2D eigenvalue weighted by Gasteiger charge is -2.15. The molecular formula is C45H76O5. The monoisotopic (exact) mass is 697 g/mol. The quantitative estimate of drug-likeness (QED) is 0.0401. The highest BCUT2D eigenvalue weighted by Gasteiger charge is 2.16. The van der Waals surface area contributed by atoms with Crippen LogP contribution in [0.5, 0.6) is 0 Å². The van der Waals surface area contributed by atoms with Crippen molar-refractivity contribution in [1.82, 2.24) is 0 Å². The van der Waals surface area contributed by atoms with Crippen LogP contribution in [0.3, 0.4) is 0 Å². The van der Waals surface area contributed by atoms with Crippen LogP contribution in [0.1, 0.15) is 181 Å². The average Bonchev–Trinajstić information content (AvgIpc) is 3.12. The summed E-state index contributed by atoms with van der Waals surface area (Å²) in [6.07, 6.45) is 54.0. The van der Waals surface area contributed by atoms with E-state index in [2.05, 4.69) is 86.8 Å². The molecule has 0 rings (SSSR count). The Balaban J connectivity index is 3.70. The molecule has 0 aliphatic heterocycles. The second-order valence-corrected chi connectivity index (χ2v) is 13.4. The fraction of sp³-hybridized carbons (Fsp3) is 0.689. The summed E-state index contributed by atoms with van der Waals surface area (Å²) in [6.45, 7) is 4.04. The number of aliphatic hydroxyl groups excluding tert-OH is 1. The van der Waals surface area contributed by atoms with Crippen molar-refractivity contribution in [3.63, 3.8) is 0 Å². The Labute approximate surface area is 308 Å². The fourth-order valence-corrected chi connectivity index (χ4v) is 5.34. The van der Waals surface area contributed by atoms with Crippen molar-refractivity contribution >= 4 is 11.9 Å². The molecule has 0 amide bonds. The maximum Gasteiger partial charge on any atom is 0.306 e. The molecule has 0 aromatic heterocycles. The van der Waals surface area contributed by atoms with Crippen molar-refractivity contribution in [3.8, 4) is 0 Å². The van der Waals surface area contributed by atoms with Crippen molar-refractivity contribution in [2.24, 2.45) is 0 Å². The molecule has 0 fully saturated rings. The van der Waals surface area contributed by atoms with Gasteiger partial charge in [0.15, 0.2) is 6.10 Å². The van der Waals surface area contributed by atoms with E-state index in [0.717, 1.165) is 64.2 Å². The zero-order valence-corrected chi connectivity index (χ0v) is 32.4. The molecule has 286 valence electrons. The molecule has 0 spiro atoms. The van der Waals surface area contributed by atoms with Crippen LogP contribution in [0, 0.1) is 0 Å². The molecule has 0 radical (unpaired) electrons. The Morgan fingerprint density at radius 3 is 1.30 bits per heavy atom. The van der Waals surface area contributed by atoms with Gasteiger partial charge in [-0.15, -0.1) is 0 Å². The van der Waals surface area contributed by atoms with Gasteiger partial charge in [0, 0.05) is 12.8 Å². The minimum atomic E-state index is -0.804. The summed E-state index contributed by atoms with van der Waals surface area (Å²) in [6, 6.07) is 0. The topological polar surface area (TPSA) is 72.8 Å². The first-order valence-electron chi connectivity index (χ1n) is 20.5. The van der Waals surface area contributed by atoms with Gasteiger partial charge in [0.25, 0.3) is 0 Å². The lowest BCUT2D eigenvalue weighted by atomic mass is 10.1. The number of allylic oxidation sites excluding steroid dienone is 12. The van der Waals surface area contributed by atoms with Gasteiger partial charge in [-0.25, -0.2) is 0 Å². The Kier molecular flexibility index (Phi) is 38.6. The van der Waals surface area contributed by atoms with E-state index >= 15 is 0 Å². The third-order valence-corrected chi connectivity index (χ3v) is 8.47. The highest BCUT2D eigenvalue weighted by Crippen LogP contribution is 2.11. The predicted molar refractivity (Wildman–Crippen MR) is 214 cm³/mol. The zero-order valence-electron chi connectivity index (χ0n) is 32.4. The number of rotatable bonds is 36. The molecule has 0 heterocycles. The number of ether oxygens (including phenoxy) is 2. The predicted octanol–water partition coefficient (Wildman–Crippen LogP) is 13.0. The molecule has 0 aromatic rings. The molecule has 0 aliphatic carbocycles. The Hall–Kier alpha value is -2.66. The molecule has 50 heavy (non-hydrogen) atoms. The van der Waals surface area contributed by atoms with E-state index in [9.17, 15) is 14.7 Å². The summed E-state index contributed by atoms with van der Waals surface area (Å²) in [4.78, 5) is 24.2. The van der Waals surface area contributed by atoms with Crippen LogP contribution < -0.4 is 0 Å². The van der Waals surface area contributed by atoms with Crippen LogP contribution in [-0.2, 0) is 19.1 Å². The van der Waals surface area contributed by atoms with E-state index in [-0.39, 0.29) is 25.2 Å². The highest BCUT2D eigenvalue weighted by molar-refractivity contribution is 5.70. The maximum absolute atomic E-state index is 12.2. The highest BCUT2D eigenvalue weighted by atomic mass is 16.6. The molecule has 0 aliphatic rings.